The zero-order chi connectivity index (χ0) is 25.5. The van der Waals surface area contributed by atoms with E-state index in [0.717, 1.165) is 49.9 Å². The number of hydrogen-bond donors (Lipinski definition) is 0. The van der Waals surface area contributed by atoms with Gasteiger partial charge in [-0.2, -0.15) is 0 Å². The highest BCUT2D eigenvalue weighted by Gasteiger charge is 2.22. The van der Waals surface area contributed by atoms with E-state index in [9.17, 15) is 0 Å². The van der Waals surface area contributed by atoms with E-state index in [-0.39, 0.29) is 0 Å². The van der Waals surface area contributed by atoms with Gasteiger partial charge in [0.15, 0.2) is 0 Å². The van der Waals surface area contributed by atoms with Gasteiger partial charge in [0.2, 0.25) is 5.71 Å². The Bertz CT molecular complexity index is 2300. The average Bonchev–Trinajstić information content (AvgIpc) is 3.64. The molecular weight excluding hydrogens is 480 g/mol. The Morgan fingerprint density at radius 2 is 0.897 bits per heavy atom. The number of nitrogens with zero attached hydrogens (tertiary/aromatic N) is 4. The average molecular weight is 501 g/mol. The molecule has 0 radical (unpaired) electrons. The number of hydrogen-bond acceptors (Lipinski definition) is 3. The molecule has 0 aliphatic heterocycles. The molecule has 4 aromatic heterocycles. The Hall–Kier alpha value is -5.42. The second kappa shape index (κ2) is 7.55. The number of para-hydroxylation sites is 4. The number of furan rings is 1. The molecule has 0 saturated carbocycles. The van der Waals surface area contributed by atoms with E-state index in [1.807, 2.05) is 0 Å². The van der Waals surface area contributed by atoms with Crippen molar-refractivity contribution in [3.8, 4) is 11.4 Å². The maximum Gasteiger partial charge on any atom is 0.246 e. The van der Waals surface area contributed by atoms with Gasteiger partial charge in [-0.05, 0) is 30.3 Å². The standard InChI is InChI=1S/C34H20N4O/c1-5-13-26-21(9-1)22-10-2-6-14-27(22)37(26)30-19-25-32(39-34-33(25)35-17-18-36-34)20-31(30)38-28-15-7-3-11-23(28)24-12-4-8-16-29(24)38/h1-20H. The number of benzene rings is 5. The Labute approximate surface area is 222 Å². The molecule has 0 aliphatic rings. The van der Waals surface area contributed by atoms with Crippen LogP contribution in [-0.4, -0.2) is 19.1 Å². The van der Waals surface area contributed by atoms with Gasteiger partial charge in [0.05, 0.1) is 38.8 Å². The maximum atomic E-state index is 6.27. The molecule has 0 saturated heterocycles. The van der Waals surface area contributed by atoms with Crippen LogP contribution in [0.4, 0.5) is 0 Å². The molecule has 0 N–H and O–H groups in total. The first-order chi connectivity index (χ1) is 19.4. The first kappa shape index (κ1) is 20.6. The molecule has 5 heteroatoms. The minimum Gasteiger partial charge on any atom is -0.436 e. The van der Waals surface area contributed by atoms with E-state index in [1.165, 1.54) is 21.5 Å². The summed E-state index contributed by atoms with van der Waals surface area (Å²) in [6, 6.07) is 38.8. The number of fused-ring (bicyclic) bond motifs is 9. The molecule has 39 heavy (non-hydrogen) atoms. The molecule has 5 nitrogen and oxygen atoms in total. The van der Waals surface area contributed by atoms with Gasteiger partial charge in [-0.25, -0.2) is 9.97 Å². The van der Waals surface area contributed by atoms with Gasteiger partial charge >= 0.3 is 0 Å². The summed E-state index contributed by atoms with van der Waals surface area (Å²) in [5, 5.41) is 5.82. The predicted molar refractivity (Wildman–Crippen MR) is 158 cm³/mol. The van der Waals surface area contributed by atoms with Crippen LogP contribution in [0.2, 0.25) is 0 Å². The van der Waals surface area contributed by atoms with Crippen molar-refractivity contribution < 1.29 is 4.42 Å². The number of rotatable bonds is 2. The van der Waals surface area contributed by atoms with Crippen LogP contribution in [0.5, 0.6) is 0 Å². The van der Waals surface area contributed by atoms with Crippen molar-refractivity contribution in [3.05, 3.63) is 122 Å². The van der Waals surface area contributed by atoms with Crippen LogP contribution in [-0.2, 0) is 0 Å². The number of aromatic nitrogens is 4. The maximum absolute atomic E-state index is 6.27. The van der Waals surface area contributed by atoms with E-state index in [2.05, 4.69) is 128 Å². The van der Waals surface area contributed by atoms with Crippen molar-refractivity contribution in [2.45, 2.75) is 0 Å². The van der Waals surface area contributed by atoms with E-state index in [4.69, 9.17) is 4.42 Å². The highest BCUT2D eigenvalue weighted by atomic mass is 16.3. The monoisotopic (exact) mass is 500 g/mol. The Morgan fingerprint density at radius 3 is 1.41 bits per heavy atom. The van der Waals surface area contributed by atoms with E-state index in [0.29, 0.717) is 5.71 Å². The van der Waals surface area contributed by atoms with Crippen molar-refractivity contribution in [1.82, 2.24) is 19.1 Å². The molecule has 0 amide bonds. The summed E-state index contributed by atoms with van der Waals surface area (Å²) >= 11 is 0. The highest BCUT2D eigenvalue weighted by Crippen LogP contribution is 2.40. The second-order valence-corrected chi connectivity index (χ2v) is 9.89. The van der Waals surface area contributed by atoms with Gasteiger partial charge < -0.3 is 13.6 Å². The van der Waals surface area contributed by atoms with E-state index in [1.54, 1.807) is 12.4 Å². The van der Waals surface area contributed by atoms with E-state index >= 15 is 0 Å². The summed E-state index contributed by atoms with van der Waals surface area (Å²) < 4.78 is 11.0. The van der Waals surface area contributed by atoms with Gasteiger partial charge in [-0.3, -0.25) is 0 Å². The lowest BCUT2D eigenvalue weighted by Crippen LogP contribution is -2.03. The smallest absolute Gasteiger partial charge is 0.246 e. The molecule has 182 valence electrons. The molecule has 5 aromatic carbocycles. The molecular formula is C34H20N4O. The summed E-state index contributed by atoms with van der Waals surface area (Å²) in [5.41, 5.74) is 8.75. The highest BCUT2D eigenvalue weighted by molar-refractivity contribution is 6.13. The SMILES string of the molecule is c1ccc2c(c1)c1ccccc1n2-c1cc2oc3nccnc3c2cc1-n1c2ccccc2c2ccccc21. The first-order valence-electron chi connectivity index (χ1n) is 13.0. The third-order valence-corrected chi connectivity index (χ3v) is 7.85. The van der Waals surface area contributed by atoms with E-state index < -0.39 is 0 Å². The van der Waals surface area contributed by atoms with Gasteiger partial charge in [0, 0.05) is 40.0 Å². The van der Waals surface area contributed by atoms with Crippen molar-refractivity contribution in [1.29, 1.82) is 0 Å². The third kappa shape index (κ3) is 2.73. The lowest BCUT2D eigenvalue weighted by atomic mass is 10.1. The lowest BCUT2D eigenvalue weighted by molar-refractivity contribution is 0.652. The van der Waals surface area contributed by atoms with Crippen molar-refractivity contribution >= 4 is 65.8 Å². The van der Waals surface area contributed by atoms with Gasteiger partial charge in [0.1, 0.15) is 11.1 Å². The molecule has 0 atom stereocenters. The van der Waals surface area contributed by atoms with Gasteiger partial charge in [-0.1, -0.05) is 72.8 Å². The van der Waals surface area contributed by atoms with Crippen molar-refractivity contribution in [2.75, 3.05) is 0 Å². The molecule has 0 fully saturated rings. The fourth-order valence-electron chi connectivity index (χ4n) is 6.24. The third-order valence-electron chi connectivity index (χ3n) is 7.85. The van der Waals surface area contributed by atoms with Crippen molar-refractivity contribution in [3.63, 3.8) is 0 Å². The van der Waals surface area contributed by atoms with Crippen LogP contribution in [0, 0.1) is 0 Å². The molecule has 0 unspecified atom stereocenters. The van der Waals surface area contributed by atoms with Crippen LogP contribution < -0.4 is 0 Å². The molecule has 9 rings (SSSR count). The molecule has 0 spiro atoms. The van der Waals surface area contributed by atoms with Gasteiger partial charge in [0.25, 0.3) is 0 Å². The predicted octanol–water partition coefficient (Wildman–Crippen LogP) is 8.57. The lowest BCUT2D eigenvalue weighted by Gasteiger charge is -2.17. The van der Waals surface area contributed by atoms with Gasteiger partial charge in [-0.15, -0.1) is 0 Å². The van der Waals surface area contributed by atoms with Crippen LogP contribution in [0.25, 0.3) is 77.2 Å². The fourth-order valence-corrected chi connectivity index (χ4v) is 6.24. The van der Waals surface area contributed by atoms with Crippen molar-refractivity contribution in [2.24, 2.45) is 0 Å². The normalized spacial score (nSPS) is 12.1. The quantitative estimate of drug-likeness (QED) is 0.239. The summed E-state index contributed by atoms with van der Waals surface area (Å²) in [6.07, 6.45) is 3.39. The van der Waals surface area contributed by atoms with Crippen LogP contribution >= 0.6 is 0 Å². The second-order valence-electron chi connectivity index (χ2n) is 9.89. The molecule has 9 aromatic rings. The summed E-state index contributed by atoms with van der Waals surface area (Å²) in [4.78, 5) is 9.10. The summed E-state index contributed by atoms with van der Waals surface area (Å²) in [6.45, 7) is 0. The topological polar surface area (TPSA) is 48.8 Å². The molecule has 0 bridgehead atoms. The Kier molecular flexibility index (Phi) is 3.99. The van der Waals surface area contributed by atoms with Crippen LogP contribution in [0.15, 0.2) is 126 Å². The summed E-state index contributed by atoms with van der Waals surface area (Å²) in [7, 11) is 0. The van der Waals surface area contributed by atoms with Crippen LogP contribution in [0.1, 0.15) is 0 Å². The largest absolute Gasteiger partial charge is 0.436 e. The molecule has 0 aliphatic carbocycles. The summed E-state index contributed by atoms with van der Waals surface area (Å²) in [5.74, 6) is 0. The zero-order valence-corrected chi connectivity index (χ0v) is 20.7. The fraction of sp³-hybridized carbons (Fsp3) is 0. The Balaban J connectivity index is 1.53. The first-order valence-corrected chi connectivity index (χ1v) is 13.0. The zero-order valence-electron chi connectivity index (χ0n) is 20.7. The Morgan fingerprint density at radius 1 is 0.462 bits per heavy atom. The molecule has 4 heterocycles. The minimum atomic E-state index is 0.542. The van der Waals surface area contributed by atoms with Crippen LogP contribution in [0.3, 0.4) is 0 Å². The minimum absolute atomic E-state index is 0.542.